The van der Waals surface area contributed by atoms with Gasteiger partial charge in [-0.3, -0.25) is 0 Å². The Hall–Kier alpha value is -1.63. The van der Waals surface area contributed by atoms with Crippen LogP contribution in [0.2, 0.25) is 0 Å². The number of nitro benzene ring substituents is 1. The van der Waals surface area contributed by atoms with Crippen LogP contribution >= 0.6 is 0 Å². The average Bonchev–Trinajstić information content (AvgIpc) is 2.40. The van der Waals surface area contributed by atoms with Gasteiger partial charge in [0.1, 0.15) is 0 Å². The maximum atomic E-state index is 10.9. The van der Waals surface area contributed by atoms with Crippen LogP contribution in [0.3, 0.4) is 0 Å². The van der Waals surface area contributed by atoms with E-state index in [0.29, 0.717) is 0 Å². The third-order valence-electron chi connectivity index (χ3n) is 2.31. The topological polar surface area (TPSA) is 52.4 Å². The molecule has 94 valence electrons. The molecule has 0 saturated heterocycles. The first-order chi connectivity index (χ1) is 8.70. The van der Waals surface area contributed by atoms with E-state index in [-0.39, 0.29) is 10.6 Å². The van der Waals surface area contributed by atoms with E-state index in [1.807, 2.05) is 36.4 Å². The fourth-order valence-electron chi connectivity index (χ4n) is 1.43. The summed E-state index contributed by atoms with van der Waals surface area (Å²) in [4.78, 5) is 10.6. The second-order valence-electron chi connectivity index (χ2n) is 3.46. The number of halogens is 1. The summed E-state index contributed by atoms with van der Waals surface area (Å²) in [5.74, 6) is 0.797. The van der Waals surface area contributed by atoms with Gasteiger partial charge in [-0.1, -0.05) is 0 Å². The molecule has 18 heavy (non-hydrogen) atoms. The van der Waals surface area contributed by atoms with Gasteiger partial charge in [-0.15, -0.1) is 0 Å². The number of benzene rings is 2. The molecule has 0 N–H and O–H groups in total. The van der Waals surface area contributed by atoms with Gasteiger partial charge in [-0.25, -0.2) is 0 Å². The third kappa shape index (κ3) is 2.98. The van der Waals surface area contributed by atoms with Crippen LogP contribution in [0.15, 0.2) is 48.5 Å². The maximum absolute atomic E-state index is 10.9. The van der Waals surface area contributed by atoms with Crippen LogP contribution in [-0.4, -0.2) is 12.0 Å². The molecule has 0 heterocycles. The van der Waals surface area contributed by atoms with E-state index in [4.69, 9.17) is 4.74 Å². The van der Waals surface area contributed by atoms with Crippen LogP contribution in [0.5, 0.6) is 5.75 Å². The molecule has 0 aliphatic carbocycles. The van der Waals surface area contributed by atoms with Crippen molar-refractivity contribution in [1.29, 1.82) is 0 Å². The van der Waals surface area contributed by atoms with E-state index in [1.165, 1.54) is 0 Å². The van der Waals surface area contributed by atoms with Gasteiger partial charge >= 0.3 is 115 Å². The summed E-state index contributed by atoms with van der Waals surface area (Å²) in [6.45, 7) is 0. The Bertz CT molecular complexity index is 554. The molecule has 0 aliphatic heterocycles. The van der Waals surface area contributed by atoms with E-state index >= 15 is 0 Å². The van der Waals surface area contributed by atoms with Gasteiger partial charge < -0.3 is 0 Å². The van der Waals surface area contributed by atoms with Crippen molar-refractivity contribution in [2.24, 2.45) is 0 Å². The van der Waals surface area contributed by atoms with Gasteiger partial charge in [0.05, 0.1) is 0 Å². The molecule has 0 amide bonds. The summed E-state index contributed by atoms with van der Waals surface area (Å²) < 4.78 is 7.04. The van der Waals surface area contributed by atoms with Crippen LogP contribution in [0.25, 0.3) is 0 Å². The number of para-hydroxylation sites is 1. The van der Waals surface area contributed by atoms with Gasteiger partial charge in [0.2, 0.25) is 0 Å². The molecule has 0 radical (unpaired) electrons. The minimum atomic E-state index is -0.542. The van der Waals surface area contributed by atoms with Gasteiger partial charge in [-0.05, 0) is 0 Å². The Morgan fingerprint density at radius 2 is 1.78 bits per heavy atom. The number of nitro groups is 1. The molecule has 0 aliphatic rings. The Kier molecular flexibility index (Phi) is 4.14. The summed E-state index contributed by atoms with van der Waals surface area (Å²) >= 11 is -0.542. The first-order valence-corrected chi connectivity index (χ1v) is 7.39. The van der Waals surface area contributed by atoms with E-state index < -0.39 is 21.2 Å². The summed E-state index contributed by atoms with van der Waals surface area (Å²) in [5, 5.41) is 10.9. The zero-order chi connectivity index (χ0) is 13.0. The van der Waals surface area contributed by atoms with Crippen molar-refractivity contribution in [3.8, 4) is 5.75 Å². The van der Waals surface area contributed by atoms with Crippen molar-refractivity contribution in [3.63, 3.8) is 0 Å². The molecule has 0 unspecified atom stereocenters. The van der Waals surface area contributed by atoms with Gasteiger partial charge in [0.25, 0.3) is 0 Å². The monoisotopic (exact) mass is 356 g/mol. The first kappa shape index (κ1) is 12.8. The number of hydrogen-bond acceptors (Lipinski definition) is 3. The average molecular weight is 356 g/mol. The van der Waals surface area contributed by atoms with Crippen molar-refractivity contribution < 1.29 is 30.9 Å². The summed E-state index contributed by atoms with van der Waals surface area (Å²) in [7, 11) is 1.62. The van der Waals surface area contributed by atoms with E-state index in [0.717, 1.165) is 12.9 Å². The fraction of sp³-hybridized carbons (Fsp3) is 0.0769. The van der Waals surface area contributed by atoms with Crippen LogP contribution in [0, 0.1) is 17.3 Å². The van der Waals surface area contributed by atoms with Crippen molar-refractivity contribution in [3.05, 3.63) is 65.8 Å². The molecule has 0 fully saturated rings. The summed E-state index contributed by atoms with van der Waals surface area (Å²) in [6.07, 6.45) is 0. The molecule has 4 nitrogen and oxygen atoms in total. The molecular weight excluding hydrogens is 345 g/mol. The minimum absolute atomic E-state index is 0.209. The zero-order valence-corrected chi connectivity index (χ0v) is 11.8. The van der Waals surface area contributed by atoms with Gasteiger partial charge in [0, 0.05) is 0 Å². The van der Waals surface area contributed by atoms with Gasteiger partial charge in [0.15, 0.2) is 0 Å². The molecule has 2 aromatic rings. The Morgan fingerprint density at radius 3 is 2.39 bits per heavy atom. The number of methoxy groups -OCH3 is 1. The number of hydrogen-bond donors (Lipinski definition) is 0. The number of rotatable bonds is 4. The molecular formula is C13H11INO3-. The van der Waals surface area contributed by atoms with E-state index in [2.05, 4.69) is 0 Å². The van der Waals surface area contributed by atoms with Crippen molar-refractivity contribution in [2.45, 2.75) is 0 Å². The predicted molar refractivity (Wildman–Crippen MR) is 63.5 cm³/mol. The fourth-order valence-corrected chi connectivity index (χ4v) is 3.86. The first-order valence-electron chi connectivity index (χ1n) is 5.23. The van der Waals surface area contributed by atoms with E-state index in [1.54, 1.807) is 19.2 Å². The predicted octanol–water partition coefficient (Wildman–Crippen LogP) is -0.268. The van der Waals surface area contributed by atoms with Crippen LogP contribution < -0.4 is 25.9 Å². The quantitative estimate of drug-likeness (QED) is 0.431. The molecule has 0 spiro atoms. The van der Waals surface area contributed by atoms with Gasteiger partial charge in [-0.2, -0.15) is 0 Å². The molecule has 0 bridgehead atoms. The molecule has 0 atom stereocenters. The SMILES string of the molecule is COc1ccc([I-]c2ccccc2[N+](=O)[O-])cc1. The Labute approximate surface area is 115 Å². The molecule has 0 aromatic heterocycles. The number of nitrogens with zero attached hydrogens (tertiary/aromatic N) is 1. The molecule has 2 aromatic carbocycles. The summed E-state index contributed by atoms with van der Waals surface area (Å²) in [6, 6.07) is 14.6. The van der Waals surface area contributed by atoms with Crippen LogP contribution in [-0.2, 0) is 0 Å². The zero-order valence-electron chi connectivity index (χ0n) is 9.67. The Balaban J connectivity index is 2.25. The second kappa shape index (κ2) is 5.81. The van der Waals surface area contributed by atoms with Crippen molar-refractivity contribution in [2.75, 3.05) is 7.11 Å². The molecule has 5 heteroatoms. The van der Waals surface area contributed by atoms with Crippen molar-refractivity contribution >= 4 is 5.69 Å². The third-order valence-corrected chi connectivity index (χ3v) is 5.14. The second-order valence-corrected chi connectivity index (χ2v) is 6.41. The normalized spacial score (nSPS) is 10.3. The Morgan fingerprint density at radius 1 is 1.11 bits per heavy atom. The molecule has 2 rings (SSSR count). The van der Waals surface area contributed by atoms with Crippen molar-refractivity contribution in [1.82, 2.24) is 0 Å². The molecule has 0 saturated carbocycles. The number of ether oxygens (including phenoxy) is 1. The standard InChI is InChI=1S/C13H11INO3/c1-18-11-8-6-10(7-9-11)14-12-4-2-3-5-13(12)15(16)17/h2-9H,1H3/q-1. The summed E-state index contributed by atoms with van der Waals surface area (Å²) in [5.41, 5.74) is 0.209. The van der Waals surface area contributed by atoms with Crippen LogP contribution in [0.1, 0.15) is 0 Å². The van der Waals surface area contributed by atoms with Crippen LogP contribution in [0.4, 0.5) is 5.69 Å². The van der Waals surface area contributed by atoms with E-state index in [9.17, 15) is 10.1 Å².